The summed E-state index contributed by atoms with van der Waals surface area (Å²) in [5.41, 5.74) is 4.39. The van der Waals surface area contributed by atoms with Crippen LogP contribution in [-0.4, -0.2) is 25.7 Å². The summed E-state index contributed by atoms with van der Waals surface area (Å²) in [6.45, 7) is 6.86. The third-order valence-electron chi connectivity index (χ3n) is 3.55. The average molecular weight is 283 g/mol. The summed E-state index contributed by atoms with van der Waals surface area (Å²) < 4.78 is 4.12. The Labute approximate surface area is 124 Å². The molecule has 3 rings (SSSR count). The second-order valence-electron chi connectivity index (χ2n) is 5.38. The summed E-state index contributed by atoms with van der Waals surface area (Å²) >= 11 is 0. The molecule has 0 atom stereocenters. The lowest BCUT2D eigenvalue weighted by molar-refractivity contribution is 0.530. The van der Waals surface area contributed by atoms with E-state index in [0.29, 0.717) is 0 Å². The summed E-state index contributed by atoms with van der Waals surface area (Å²) in [4.78, 5) is 4.57. The first kappa shape index (κ1) is 13.8. The number of imidazole rings is 1. The Morgan fingerprint density at radius 3 is 2.90 bits per heavy atom. The van der Waals surface area contributed by atoms with Gasteiger partial charge < -0.3 is 9.72 Å². The van der Waals surface area contributed by atoms with E-state index in [-0.39, 0.29) is 0 Å². The molecule has 0 bridgehead atoms. The van der Waals surface area contributed by atoms with Crippen molar-refractivity contribution < 1.29 is 0 Å². The molecular formula is C16H21N5. The van der Waals surface area contributed by atoms with E-state index in [1.54, 1.807) is 0 Å². The van der Waals surface area contributed by atoms with Gasteiger partial charge in [-0.2, -0.15) is 5.10 Å². The van der Waals surface area contributed by atoms with Crippen molar-refractivity contribution in [3.05, 3.63) is 53.7 Å². The Hall–Kier alpha value is -2.14. The summed E-state index contributed by atoms with van der Waals surface area (Å²) in [5, 5.41) is 7.91. The van der Waals surface area contributed by atoms with E-state index >= 15 is 0 Å². The molecule has 21 heavy (non-hydrogen) atoms. The number of fused-ring (bicyclic) bond motifs is 1. The van der Waals surface area contributed by atoms with Crippen LogP contribution in [0.25, 0.3) is 5.65 Å². The van der Waals surface area contributed by atoms with Gasteiger partial charge in [0.05, 0.1) is 11.4 Å². The van der Waals surface area contributed by atoms with Crippen molar-refractivity contribution in [1.29, 1.82) is 0 Å². The molecule has 0 aliphatic heterocycles. The highest BCUT2D eigenvalue weighted by atomic mass is 15.3. The molecule has 0 amide bonds. The van der Waals surface area contributed by atoms with Crippen LogP contribution in [0.3, 0.4) is 0 Å². The minimum atomic E-state index is 0.804. The van der Waals surface area contributed by atoms with E-state index in [1.165, 1.54) is 5.69 Å². The number of aryl methyl sites for hydroxylation is 3. The smallest absolute Gasteiger partial charge is 0.137 e. The molecule has 5 nitrogen and oxygen atoms in total. The maximum Gasteiger partial charge on any atom is 0.137 e. The zero-order valence-electron chi connectivity index (χ0n) is 12.6. The molecule has 110 valence electrons. The van der Waals surface area contributed by atoms with Gasteiger partial charge in [-0.3, -0.25) is 4.68 Å². The number of pyridine rings is 1. The Kier molecular flexibility index (Phi) is 4.01. The molecule has 1 N–H and O–H groups in total. The summed E-state index contributed by atoms with van der Waals surface area (Å²) in [6, 6.07) is 8.16. The molecule has 0 spiro atoms. The first-order valence-electron chi connectivity index (χ1n) is 7.37. The van der Waals surface area contributed by atoms with Crippen molar-refractivity contribution in [2.75, 3.05) is 6.54 Å². The van der Waals surface area contributed by atoms with Crippen molar-refractivity contribution in [2.45, 2.75) is 33.4 Å². The lowest BCUT2D eigenvalue weighted by Crippen LogP contribution is -2.17. The summed E-state index contributed by atoms with van der Waals surface area (Å²) in [7, 11) is 0. The third-order valence-corrected chi connectivity index (χ3v) is 3.55. The van der Waals surface area contributed by atoms with Gasteiger partial charge >= 0.3 is 0 Å². The number of nitrogens with one attached hydrogen (secondary N) is 1. The van der Waals surface area contributed by atoms with Crippen molar-refractivity contribution in [3.8, 4) is 0 Å². The molecular weight excluding hydrogens is 262 g/mol. The molecule has 0 aliphatic rings. The first-order chi connectivity index (χ1) is 10.2. The Morgan fingerprint density at radius 1 is 1.24 bits per heavy atom. The van der Waals surface area contributed by atoms with Gasteiger partial charge in [-0.25, -0.2) is 4.98 Å². The molecule has 0 saturated heterocycles. The highest BCUT2D eigenvalue weighted by molar-refractivity contribution is 5.39. The molecule has 0 fully saturated rings. The molecule has 0 saturated carbocycles. The van der Waals surface area contributed by atoms with Gasteiger partial charge in [0, 0.05) is 31.2 Å². The minimum absolute atomic E-state index is 0.804. The van der Waals surface area contributed by atoms with Gasteiger partial charge in [-0.15, -0.1) is 0 Å². The van der Waals surface area contributed by atoms with Crippen LogP contribution < -0.4 is 5.32 Å². The molecule has 0 aliphatic carbocycles. The third kappa shape index (κ3) is 3.31. The van der Waals surface area contributed by atoms with Crippen LogP contribution in [0.1, 0.15) is 23.5 Å². The standard InChI is InChI=1S/C16H21N5/c1-13-10-14(2)21(19-13)9-5-7-17-11-15-12-20-8-4-3-6-16(20)18-15/h3-4,6,8,10,12,17H,5,7,9,11H2,1-2H3. The lowest BCUT2D eigenvalue weighted by Gasteiger charge is -2.05. The zero-order chi connectivity index (χ0) is 14.7. The number of rotatable bonds is 6. The van der Waals surface area contributed by atoms with Gasteiger partial charge in [0.1, 0.15) is 5.65 Å². The maximum atomic E-state index is 4.57. The molecule has 5 heteroatoms. The van der Waals surface area contributed by atoms with Gasteiger partial charge in [-0.05, 0) is 45.0 Å². The predicted molar refractivity (Wildman–Crippen MR) is 83.2 cm³/mol. The van der Waals surface area contributed by atoms with E-state index in [0.717, 1.165) is 43.1 Å². The number of hydrogen-bond acceptors (Lipinski definition) is 3. The van der Waals surface area contributed by atoms with E-state index < -0.39 is 0 Å². The average Bonchev–Trinajstić information content (AvgIpc) is 3.01. The van der Waals surface area contributed by atoms with Crippen LogP contribution >= 0.6 is 0 Å². The maximum absolute atomic E-state index is 4.57. The van der Waals surface area contributed by atoms with Gasteiger partial charge in [0.15, 0.2) is 0 Å². The van der Waals surface area contributed by atoms with Gasteiger partial charge in [-0.1, -0.05) is 6.07 Å². The fraction of sp³-hybridized carbons (Fsp3) is 0.375. The quantitative estimate of drug-likeness (QED) is 0.706. The van der Waals surface area contributed by atoms with Crippen LogP contribution in [0.2, 0.25) is 0 Å². The fourth-order valence-electron chi connectivity index (χ4n) is 2.54. The van der Waals surface area contributed by atoms with E-state index in [2.05, 4.69) is 39.3 Å². The topological polar surface area (TPSA) is 47.2 Å². The number of hydrogen-bond donors (Lipinski definition) is 1. The minimum Gasteiger partial charge on any atom is -0.311 e. The monoisotopic (exact) mass is 283 g/mol. The van der Waals surface area contributed by atoms with E-state index in [9.17, 15) is 0 Å². The molecule has 3 aromatic rings. The van der Waals surface area contributed by atoms with Gasteiger partial charge in [0.2, 0.25) is 0 Å². The van der Waals surface area contributed by atoms with Gasteiger partial charge in [0.25, 0.3) is 0 Å². The summed E-state index contributed by atoms with van der Waals surface area (Å²) in [5.74, 6) is 0. The molecule has 3 aromatic heterocycles. The largest absolute Gasteiger partial charge is 0.311 e. The zero-order valence-corrected chi connectivity index (χ0v) is 12.6. The molecule has 0 aromatic carbocycles. The van der Waals surface area contributed by atoms with Crippen LogP contribution in [-0.2, 0) is 13.1 Å². The number of aromatic nitrogens is 4. The normalized spacial score (nSPS) is 11.3. The predicted octanol–water partition coefficient (Wildman–Crippen LogP) is 2.33. The lowest BCUT2D eigenvalue weighted by atomic mass is 10.3. The van der Waals surface area contributed by atoms with Crippen molar-refractivity contribution in [3.63, 3.8) is 0 Å². The van der Waals surface area contributed by atoms with Crippen LogP contribution in [0, 0.1) is 13.8 Å². The first-order valence-corrected chi connectivity index (χ1v) is 7.37. The number of nitrogens with zero attached hydrogens (tertiary/aromatic N) is 4. The molecule has 0 radical (unpaired) electrons. The van der Waals surface area contributed by atoms with Crippen LogP contribution in [0.5, 0.6) is 0 Å². The highest BCUT2D eigenvalue weighted by Crippen LogP contribution is 2.04. The SMILES string of the molecule is Cc1cc(C)n(CCCNCc2cn3ccccc3n2)n1. The van der Waals surface area contributed by atoms with Crippen molar-refractivity contribution in [2.24, 2.45) is 0 Å². The Morgan fingerprint density at radius 2 is 2.14 bits per heavy atom. The van der Waals surface area contributed by atoms with Crippen LogP contribution in [0.15, 0.2) is 36.7 Å². The fourth-order valence-corrected chi connectivity index (χ4v) is 2.54. The van der Waals surface area contributed by atoms with E-state index in [4.69, 9.17) is 0 Å². The second kappa shape index (κ2) is 6.10. The van der Waals surface area contributed by atoms with Crippen molar-refractivity contribution >= 4 is 5.65 Å². The molecule has 0 unspecified atom stereocenters. The Bertz CT molecular complexity index is 692. The second-order valence-corrected chi connectivity index (χ2v) is 5.38. The van der Waals surface area contributed by atoms with Crippen molar-refractivity contribution in [1.82, 2.24) is 24.5 Å². The summed E-state index contributed by atoms with van der Waals surface area (Å²) in [6.07, 6.45) is 5.16. The molecule has 3 heterocycles. The Balaban J connectivity index is 1.45. The van der Waals surface area contributed by atoms with E-state index in [1.807, 2.05) is 35.7 Å². The highest BCUT2D eigenvalue weighted by Gasteiger charge is 2.02. The van der Waals surface area contributed by atoms with Crippen LogP contribution in [0.4, 0.5) is 0 Å².